The number of benzene rings is 2. The molecule has 158 valence electrons. The second kappa shape index (κ2) is 8.68. The SMILES string of the molecule is COc1cc(OC)c(C2SCCN2S(=O)(=O)c2cc(F)ccc2OC)cc1OC. The summed E-state index contributed by atoms with van der Waals surface area (Å²) < 4.78 is 63.2. The first-order chi connectivity index (χ1) is 13.9. The Bertz CT molecular complexity index is 998. The van der Waals surface area contributed by atoms with Gasteiger partial charge in [0.2, 0.25) is 10.0 Å². The minimum atomic E-state index is -4.04. The Kier molecular flexibility index (Phi) is 6.45. The fourth-order valence-electron chi connectivity index (χ4n) is 3.17. The van der Waals surface area contributed by atoms with Crippen LogP contribution in [0.3, 0.4) is 0 Å². The molecule has 0 bridgehead atoms. The second-order valence-electron chi connectivity index (χ2n) is 6.08. The molecule has 1 heterocycles. The number of methoxy groups -OCH3 is 4. The van der Waals surface area contributed by atoms with E-state index in [0.29, 0.717) is 28.6 Å². The van der Waals surface area contributed by atoms with E-state index in [-0.39, 0.29) is 17.2 Å². The van der Waals surface area contributed by atoms with E-state index in [1.54, 1.807) is 12.1 Å². The van der Waals surface area contributed by atoms with E-state index in [1.807, 2.05) is 0 Å². The maximum absolute atomic E-state index is 13.8. The molecule has 7 nitrogen and oxygen atoms in total. The topological polar surface area (TPSA) is 74.3 Å². The summed E-state index contributed by atoms with van der Waals surface area (Å²) in [4.78, 5) is -0.216. The smallest absolute Gasteiger partial charge is 0.248 e. The molecule has 0 amide bonds. The van der Waals surface area contributed by atoms with E-state index in [4.69, 9.17) is 18.9 Å². The van der Waals surface area contributed by atoms with Gasteiger partial charge < -0.3 is 18.9 Å². The van der Waals surface area contributed by atoms with Crippen LogP contribution in [-0.4, -0.2) is 53.5 Å². The third kappa shape index (κ3) is 3.96. The number of thioether (sulfide) groups is 1. The molecule has 1 fully saturated rings. The van der Waals surface area contributed by atoms with Gasteiger partial charge in [0.15, 0.2) is 11.5 Å². The fourth-order valence-corrected chi connectivity index (χ4v) is 6.59. The summed E-state index contributed by atoms with van der Waals surface area (Å²) in [5.74, 6) is 1.39. The highest BCUT2D eigenvalue weighted by Crippen LogP contribution is 2.48. The first-order valence-corrected chi connectivity index (χ1v) is 11.1. The van der Waals surface area contributed by atoms with Crippen molar-refractivity contribution in [3.05, 3.63) is 41.7 Å². The van der Waals surface area contributed by atoms with Gasteiger partial charge in [0.05, 0.1) is 33.8 Å². The molecule has 2 aromatic rings. The van der Waals surface area contributed by atoms with Crippen LogP contribution in [0.1, 0.15) is 10.9 Å². The van der Waals surface area contributed by atoms with E-state index < -0.39 is 21.2 Å². The van der Waals surface area contributed by atoms with Crippen LogP contribution in [0.2, 0.25) is 0 Å². The number of sulfonamides is 1. The number of hydrogen-bond acceptors (Lipinski definition) is 7. The molecule has 1 unspecified atom stereocenters. The monoisotopic (exact) mass is 443 g/mol. The van der Waals surface area contributed by atoms with Crippen molar-refractivity contribution in [1.29, 1.82) is 0 Å². The number of nitrogens with zero attached hydrogens (tertiary/aromatic N) is 1. The van der Waals surface area contributed by atoms with Gasteiger partial charge in [0.1, 0.15) is 22.2 Å². The number of hydrogen-bond donors (Lipinski definition) is 0. The Morgan fingerprint density at radius 1 is 0.931 bits per heavy atom. The Morgan fingerprint density at radius 2 is 1.55 bits per heavy atom. The predicted octanol–water partition coefficient (Wildman–Crippen LogP) is 3.30. The summed E-state index contributed by atoms with van der Waals surface area (Å²) in [6, 6.07) is 6.79. The van der Waals surface area contributed by atoms with Gasteiger partial charge >= 0.3 is 0 Å². The zero-order chi connectivity index (χ0) is 21.2. The Balaban J connectivity index is 2.10. The summed E-state index contributed by atoms with van der Waals surface area (Å²) in [6.07, 6.45) is 0. The Morgan fingerprint density at radius 3 is 2.17 bits per heavy atom. The van der Waals surface area contributed by atoms with Crippen molar-refractivity contribution in [3.63, 3.8) is 0 Å². The Labute approximate surface area is 173 Å². The second-order valence-corrected chi connectivity index (χ2v) is 9.13. The predicted molar refractivity (Wildman–Crippen MR) is 108 cm³/mol. The minimum Gasteiger partial charge on any atom is -0.496 e. The van der Waals surface area contributed by atoms with Crippen LogP contribution >= 0.6 is 11.8 Å². The van der Waals surface area contributed by atoms with Crippen LogP contribution in [0, 0.1) is 5.82 Å². The number of rotatable bonds is 7. The van der Waals surface area contributed by atoms with Crippen LogP contribution < -0.4 is 18.9 Å². The van der Waals surface area contributed by atoms with Gasteiger partial charge in [-0.25, -0.2) is 12.8 Å². The van der Waals surface area contributed by atoms with E-state index in [9.17, 15) is 12.8 Å². The maximum atomic E-state index is 13.8. The van der Waals surface area contributed by atoms with Crippen molar-refractivity contribution in [2.45, 2.75) is 10.3 Å². The van der Waals surface area contributed by atoms with Crippen molar-refractivity contribution >= 4 is 21.8 Å². The molecule has 3 rings (SSSR count). The van der Waals surface area contributed by atoms with Crippen molar-refractivity contribution in [1.82, 2.24) is 4.31 Å². The molecule has 1 aliphatic rings. The van der Waals surface area contributed by atoms with Crippen LogP contribution in [0.5, 0.6) is 23.0 Å². The lowest BCUT2D eigenvalue weighted by Crippen LogP contribution is -2.31. The summed E-state index contributed by atoms with van der Waals surface area (Å²) in [5.41, 5.74) is 0.617. The van der Waals surface area contributed by atoms with Gasteiger partial charge in [-0.15, -0.1) is 11.8 Å². The minimum absolute atomic E-state index is 0.0846. The lowest BCUT2D eigenvalue weighted by molar-refractivity contribution is 0.344. The molecule has 29 heavy (non-hydrogen) atoms. The highest BCUT2D eigenvalue weighted by Gasteiger charge is 2.40. The van der Waals surface area contributed by atoms with Gasteiger partial charge in [-0.3, -0.25) is 0 Å². The molecular formula is C19H22FNO6S2. The quantitative estimate of drug-likeness (QED) is 0.650. The highest BCUT2D eigenvalue weighted by molar-refractivity contribution is 8.01. The molecule has 1 saturated heterocycles. The normalized spacial score (nSPS) is 17.2. The lowest BCUT2D eigenvalue weighted by atomic mass is 10.1. The van der Waals surface area contributed by atoms with Crippen molar-refractivity contribution in [2.24, 2.45) is 0 Å². The van der Waals surface area contributed by atoms with Gasteiger partial charge in [0, 0.05) is 23.9 Å². The summed E-state index contributed by atoms with van der Waals surface area (Å²) in [5, 5.41) is -0.581. The van der Waals surface area contributed by atoms with Gasteiger partial charge in [-0.05, 0) is 24.3 Å². The standard InChI is InChI=1S/C19H22FNO6S2/c1-24-14-6-5-12(20)9-18(14)29(22,23)21-7-8-28-19(21)13-10-16(26-3)17(27-4)11-15(13)25-2/h5-6,9-11,19H,7-8H2,1-4H3. The molecule has 0 N–H and O–H groups in total. The molecule has 0 saturated carbocycles. The van der Waals surface area contributed by atoms with Gasteiger partial charge in [-0.2, -0.15) is 4.31 Å². The lowest BCUT2D eigenvalue weighted by Gasteiger charge is -2.26. The molecule has 0 spiro atoms. The zero-order valence-electron chi connectivity index (χ0n) is 16.5. The molecule has 0 aromatic heterocycles. The zero-order valence-corrected chi connectivity index (χ0v) is 18.1. The van der Waals surface area contributed by atoms with E-state index >= 15 is 0 Å². The van der Waals surface area contributed by atoms with Gasteiger partial charge in [0.25, 0.3) is 0 Å². The van der Waals surface area contributed by atoms with E-state index in [1.165, 1.54) is 50.6 Å². The molecule has 1 aliphatic heterocycles. The highest BCUT2D eigenvalue weighted by atomic mass is 32.2. The summed E-state index contributed by atoms with van der Waals surface area (Å²) >= 11 is 1.44. The third-order valence-electron chi connectivity index (χ3n) is 4.56. The van der Waals surface area contributed by atoms with E-state index in [2.05, 4.69) is 0 Å². The van der Waals surface area contributed by atoms with Crippen molar-refractivity contribution in [3.8, 4) is 23.0 Å². The largest absolute Gasteiger partial charge is 0.496 e. The van der Waals surface area contributed by atoms with Gasteiger partial charge in [-0.1, -0.05) is 0 Å². The molecule has 2 aromatic carbocycles. The molecular weight excluding hydrogens is 421 g/mol. The molecule has 1 atom stereocenters. The average Bonchev–Trinajstić information content (AvgIpc) is 3.23. The Hall–Kier alpha value is -2.17. The van der Waals surface area contributed by atoms with Crippen LogP contribution in [0.4, 0.5) is 4.39 Å². The summed E-state index contributed by atoms with van der Waals surface area (Å²) in [6.45, 7) is 0.259. The molecule has 10 heteroatoms. The fraction of sp³-hybridized carbons (Fsp3) is 0.368. The number of ether oxygens (including phenoxy) is 4. The average molecular weight is 444 g/mol. The first kappa shape index (κ1) is 21.5. The summed E-state index contributed by atoms with van der Waals surface area (Å²) in [7, 11) is 1.81. The maximum Gasteiger partial charge on any atom is 0.248 e. The van der Waals surface area contributed by atoms with Crippen LogP contribution in [0.25, 0.3) is 0 Å². The first-order valence-electron chi connectivity index (χ1n) is 8.64. The van der Waals surface area contributed by atoms with E-state index in [0.717, 1.165) is 12.1 Å². The number of halogens is 1. The van der Waals surface area contributed by atoms with Crippen molar-refractivity contribution < 1.29 is 31.8 Å². The third-order valence-corrected chi connectivity index (χ3v) is 7.82. The van der Waals surface area contributed by atoms with Crippen LogP contribution in [-0.2, 0) is 10.0 Å². The van der Waals surface area contributed by atoms with Crippen LogP contribution in [0.15, 0.2) is 35.2 Å². The molecule has 0 radical (unpaired) electrons. The molecule has 0 aliphatic carbocycles. The van der Waals surface area contributed by atoms with Crippen molar-refractivity contribution in [2.75, 3.05) is 40.7 Å².